The largest absolute Gasteiger partial charge is 0.352 e. The van der Waals surface area contributed by atoms with Crippen LogP contribution >= 0.6 is 11.6 Å². The zero-order chi connectivity index (χ0) is 30.2. The van der Waals surface area contributed by atoms with Crippen LogP contribution in [-0.4, -0.2) is 62.2 Å². The quantitative estimate of drug-likeness (QED) is 0.308. The molecule has 0 spiro atoms. The number of nitrogens with one attached hydrogen (secondary N) is 1. The van der Waals surface area contributed by atoms with Crippen LogP contribution < -0.4 is 9.62 Å². The molecular weight excluding hydrogens is 567 g/mol. The topological polar surface area (TPSA) is 90.0 Å². The van der Waals surface area contributed by atoms with Gasteiger partial charge < -0.3 is 10.2 Å². The molecule has 220 valence electrons. The minimum Gasteiger partial charge on any atom is -0.352 e. The average molecular weight is 603 g/mol. The van der Waals surface area contributed by atoms with Gasteiger partial charge in [-0.2, -0.15) is 12.7 Å². The van der Waals surface area contributed by atoms with E-state index in [9.17, 15) is 22.4 Å². The number of nitrogens with zero attached hydrogens (tertiary/aromatic N) is 3. The van der Waals surface area contributed by atoms with E-state index in [4.69, 9.17) is 11.6 Å². The Hall–Kier alpha value is -3.47. The van der Waals surface area contributed by atoms with Gasteiger partial charge in [0, 0.05) is 38.1 Å². The van der Waals surface area contributed by atoms with E-state index in [0.29, 0.717) is 17.0 Å². The first-order valence-electron chi connectivity index (χ1n) is 13.3. The molecule has 41 heavy (non-hydrogen) atoms. The molecule has 0 radical (unpaired) electrons. The van der Waals surface area contributed by atoms with Crippen molar-refractivity contribution in [2.45, 2.75) is 45.3 Å². The normalized spacial score (nSPS) is 13.0. The maximum Gasteiger partial charge on any atom is 0.304 e. The van der Waals surface area contributed by atoms with Crippen LogP contribution in [0.4, 0.5) is 10.1 Å². The summed E-state index contributed by atoms with van der Waals surface area (Å²) in [5.41, 5.74) is 1.53. The molecule has 0 aromatic heterocycles. The van der Waals surface area contributed by atoms with Gasteiger partial charge in [-0.3, -0.25) is 9.59 Å². The van der Waals surface area contributed by atoms with Crippen molar-refractivity contribution in [3.63, 3.8) is 0 Å². The number of halogens is 2. The van der Waals surface area contributed by atoms with Gasteiger partial charge in [0.2, 0.25) is 11.8 Å². The second kappa shape index (κ2) is 14.4. The van der Waals surface area contributed by atoms with Crippen molar-refractivity contribution in [2.24, 2.45) is 0 Å². The third-order valence-corrected chi connectivity index (χ3v) is 8.89. The monoisotopic (exact) mass is 602 g/mol. The fourth-order valence-corrected chi connectivity index (χ4v) is 5.38. The van der Waals surface area contributed by atoms with E-state index < -0.39 is 34.5 Å². The van der Waals surface area contributed by atoms with Crippen LogP contribution in [0.1, 0.15) is 31.4 Å². The van der Waals surface area contributed by atoms with E-state index in [1.165, 1.54) is 31.1 Å². The number of hydrogen-bond acceptors (Lipinski definition) is 4. The van der Waals surface area contributed by atoms with E-state index in [1.807, 2.05) is 44.2 Å². The molecule has 3 rings (SSSR count). The Bertz CT molecular complexity index is 1420. The van der Waals surface area contributed by atoms with Crippen molar-refractivity contribution in [1.82, 2.24) is 14.5 Å². The Balaban J connectivity index is 2.10. The molecule has 0 unspecified atom stereocenters. The number of amides is 2. The summed E-state index contributed by atoms with van der Waals surface area (Å²) in [6.45, 7) is 3.15. The van der Waals surface area contributed by atoms with E-state index in [2.05, 4.69) is 5.32 Å². The van der Waals surface area contributed by atoms with Crippen LogP contribution in [0.3, 0.4) is 0 Å². The number of carbonyl (C=O) groups excluding carboxylic acids is 2. The van der Waals surface area contributed by atoms with Crippen LogP contribution in [0, 0.1) is 5.82 Å². The van der Waals surface area contributed by atoms with E-state index >= 15 is 0 Å². The number of anilines is 1. The lowest BCUT2D eigenvalue weighted by Gasteiger charge is -2.35. The molecule has 11 heteroatoms. The molecule has 2 amide bonds. The van der Waals surface area contributed by atoms with Crippen LogP contribution in [0.25, 0.3) is 0 Å². The van der Waals surface area contributed by atoms with E-state index in [1.54, 1.807) is 24.3 Å². The Morgan fingerprint density at radius 2 is 1.56 bits per heavy atom. The van der Waals surface area contributed by atoms with Crippen molar-refractivity contribution < 1.29 is 22.4 Å². The van der Waals surface area contributed by atoms with Gasteiger partial charge in [0.25, 0.3) is 0 Å². The number of rotatable bonds is 13. The molecule has 3 aromatic rings. The Labute approximate surface area is 246 Å². The zero-order valence-electron chi connectivity index (χ0n) is 23.6. The summed E-state index contributed by atoms with van der Waals surface area (Å²) < 4.78 is 42.3. The molecule has 0 saturated carbocycles. The fourth-order valence-electron chi connectivity index (χ4n) is 4.13. The summed E-state index contributed by atoms with van der Waals surface area (Å²) in [5, 5.41) is 3.38. The number of benzene rings is 3. The molecule has 1 N–H and O–H groups in total. The van der Waals surface area contributed by atoms with Crippen LogP contribution in [0.15, 0.2) is 78.9 Å². The maximum atomic E-state index is 14.2. The molecule has 0 bridgehead atoms. The second-order valence-electron chi connectivity index (χ2n) is 9.91. The highest BCUT2D eigenvalue weighted by atomic mass is 35.5. The summed E-state index contributed by atoms with van der Waals surface area (Å²) in [6, 6.07) is 19.9. The summed E-state index contributed by atoms with van der Waals surface area (Å²) in [7, 11) is -1.49. The first-order chi connectivity index (χ1) is 19.4. The summed E-state index contributed by atoms with van der Waals surface area (Å²) in [6.07, 6.45) is 0.873. The summed E-state index contributed by atoms with van der Waals surface area (Å²) >= 11 is 6.47. The predicted octanol–water partition coefficient (Wildman–Crippen LogP) is 4.65. The van der Waals surface area contributed by atoms with Gasteiger partial charge in [0.1, 0.15) is 18.4 Å². The Morgan fingerprint density at radius 3 is 2.15 bits per heavy atom. The molecule has 0 aliphatic carbocycles. The molecule has 0 heterocycles. The van der Waals surface area contributed by atoms with Crippen molar-refractivity contribution in [3.8, 4) is 0 Å². The number of hydrogen-bond donors (Lipinski definition) is 1. The average Bonchev–Trinajstić information content (AvgIpc) is 2.95. The lowest BCUT2D eigenvalue weighted by molar-refractivity contribution is -0.140. The third-order valence-electron chi connectivity index (χ3n) is 6.70. The molecule has 3 aromatic carbocycles. The van der Waals surface area contributed by atoms with Crippen LogP contribution in [0.2, 0.25) is 5.02 Å². The highest BCUT2D eigenvalue weighted by Gasteiger charge is 2.35. The van der Waals surface area contributed by atoms with Gasteiger partial charge in [0.05, 0.1) is 5.69 Å². The van der Waals surface area contributed by atoms with Crippen molar-refractivity contribution in [1.29, 1.82) is 0 Å². The lowest BCUT2D eigenvalue weighted by Crippen LogP contribution is -2.55. The first-order valence-corrected chi connectivity index (χ1v) is 15.0. The fraction of sp³-hybridized carbons (Fsp3) is 0.333. The molecule has 2 atom stereocenters. The van der Waals surface area contributed by atoms with Crippen molar-refractivity contribution >= 4 is 39.3 Å². The van der Waals surface area contributed by atoms with Gasteiger partial charge in [-0.15, -0.1) is 0 Å². The molecule has 0 aliphatic rings. The molecule has 0 saturated heterocycles. The third kappa shape index (κ3) is 8.51. The van der Waals surface area contributed by atoms with Gasteiger partial charge in [-0.1, -0.05) is 67.1 Å². The summed E-state index contributed by atoms with van der Waals surface area (Å²) in [4.78, 5) is 29.3. The molecule has 0 aliphatic heterocycles. The minimum absolute atomic E-state index is 0.0385. The Kier molecular flexibility index (Phi) is 11.3. The minimum atomic E-state index is -4.17. The lowest BCUT2D eigenvalue weighted by atomic mass is 10.0. The van der Waals surface area contributed by atoms with E-state index in [-0.39, 0.29) is 30.6 Å². The molecule has 0 fully saturated rings. The smallest absolute Gasteiger partial charge is 0.304 e. The highest BCUT2D eigenvalue weighted by molar-refractivity contribution is 7.90. The first kappa shape index (κ1) is 32.0. The number of carbonyl (C=O) groups is 2. The van der Waals surface area contributed by atoms with Crippen molar-refractivity contribution in [2.75, 3.05) is 24.9 Å². The maximum absolute atomic E-state index is 14.2. The standard InChI is InChI=1S/C30H36ClFN4O4S/c1-5-22(2)33-30(38)28(19-23-11-7-6-8-12-23)35(20-24-13-9-10-14-27(24)31)29(37)21-36(41(39,40)34(3)4)26-17-15-25(32)16-18-26/h6-18,22,28H,5,19-21H2,1-4H3,(H,33,38)/t22-,28+/m0/s1. The predicted molar refractivity (Wildman–Crippen MR) is 160 cm³/mol. The summed E-state index contributed by atoms with van der Waals surface area (Å²) in [5.74, 6) is -1.54. The van der Waals surface area contributed by atoms with Crippen LogP contribution in [0.5, 0.6) is 0 Å². The molecule has 8 nitrogen and oxygen atoms in total. The van der Waals surface area contributed by atoms with E-state index in [0.717, 1.165) is 26.3 Å². The van der Waals surface area contributed by atoms with Crippen LogP contribution in [-0.2, 0) is 32.8 Å². The highest BCUT2D eigenvalue weighted by Crippen LogP contribution is 2.24. The Morgan fingerprint density at radius 1 is 0.951 bits per heavy atom. The second-order valence-corrected chi connectivity index (χ2v) is 12.4. The van der Waals surface area contributed by atoms with Gasteiger partial charge >= 0.3 is 10.2 Å². The SMILES string of the molecule is CC[C@H](C)NC(=O)[C@@H](Cc1ccccc1)N(Cc1ccccc1Cl)C(=O)CN(c1ccc(F)cc1)S(=O)(=O)N(C)C. The van der Waals surface area contributed by atoms with Gasteiger partial charge in [0.15, 0.2) is 0 Å². The zero-order valence-corrected chi connectivity index (χ0v) is 25.2. The van der Waals surface area contributed by atoms with Crippen molar-refractivity contribution in [3.05, 3.63) is 101 Å². The molecular formula is C30H36ClFN4O4S. The van der Waals surface area contributed by atoms with Gasteiger partial charge in [-0.25, -0.2) is 8.70 Å². The van der Waals surface area contributed by atoms with Gasteiger partial charge in [-0.05, 0) is 54.8 Å².